The fraction of sp³-hybridized carbons (Fsp3) is 0.130. The highest BCUT2D eigenvalue weighted by Crippen LogP contribution is 2.28. The molecule has 3 aromatic carbocycles. The van der Waals surface area contributed by atoms with Gasteiger partial charge in [0.2, 0.25) is 5.89 Å². The lowest BCUT2D eigenvalue weighted by atomic mass is 10.0. The molecule has 0 atom stereocenters. The smallest absolute Gasteiger partial charge is 0.288 e. The third-order valence-electron chi connectivity index (χ3n) is 4.87. The number of aromatic nitrogens is 1. The average Bonchev–Trinajstić information content (AvgIpc) is 3.17. The number of benzene rings is 3. The van der Waals surface area contributed by atoms with Crippen molar-refractivity contribution < 1.29 is 14.1 Å². The van der Waals surface area contributed by atoms with Crippen LogP contribution in [0.4, 0.5) is 11.4 Å². The van der Waals surface area contributed by atoms with Gasteiger partial charge in [0.1, 0.15) is 10.5 Å². The highest BCUT2D eigenvalue weighted by Gasteiger charge is 2.17. The molecule has 7 nitrogen and oxygen atoms in total. The lowest BCUT2D eigenvalue weighted by Crippen LogP contribution is -2.12. The van der Waals surface area contributed by atoms with Gasteiger partial charge in [0.05, 0.1) is 4.92 Å². The van der Waals surface area contributed by atoms with E-state index in [1.807, 2.05) is 24.3 Å². The number of carbonyl (C=O) groups excluding carboxylic acids is 1. The molecule has 0 aliphatic heterocycles. The monoisotopic (exact) mass is 435 g/mol. The third-order valence-corrected chi connectivity index (χ3v) is 5.19. The van der Waals surface area contributed by atoms with E-state index in [0.717, 1.165) is 11.6 Å². The van der Waals surface area contributed by atoms with Gasteiger partial charge in [0.25, 0.3) is 11.6 Å². The number of carbonyl (C=O) groups is 1. The van der Waals surface area contributed by atoms with E-state index < -0.39 is 10.8 Å². The zero-order chi connectivity index (χ0) is 22.1. The number of amides is 1. The minimum absolute atomic E-state index is 0.0282. The van der Waals surface area contributed by atoms with Gasteiger partial charge in [-0.25, -0.2) is 4.98 Å². The first kappa shape index (κ1) is 20.6. The summed E-state index contributed by atoms with van der Waals surface area (Å²) >= 11 is 5.81. The van der Waals surface area contributed by atoms with E-state index in [2.05, 4.69) is 24.1 Å². The molecular formula is C23H18ClN3O4. The number of halogens is 1. The summed E-state index contributed by atoms with van der Waals surface area (Å²) in [4.78, 5) is 27.5. The number of nitro benzene ring substituents is 1. The number of rotatable bonds is 5. The Balaban J connectivity index is 1.58. The molecule has 8 heteroatoms. The maximum Gasteiger partial charge on any atom is 0.288 e. The van der Waals surface area contributed by atoms with Crippen molar-refractivity contribution in [1.29, 1.82) is 0 Å². The molecule has 4 aromatic rings. The van der Waals surface area contributed by atoms with Crippen molar-refractivity contribution in [3.05, 3.63) is 86.9 Å². The van der Waals surface area contributed by atoms with Crippen LogP contribution in [0.2, 0.25) is 5.02 Å². The van der Waals surface area contributed by atoms with Gasteiger partial charge in [0, 0.05) is 22.9 Å². The number of nitrogens with zero attached hydrogens (tertiary/aromatic N) is 2. The predicted octanol–water partition coefficient (Wildman–Crippen LogP) is 6.43. The summed E-state index contributed by atoms with van der Waals surface area (Å²) in [6.45, 7) is 4.26. The van der Waals surface area contributed by atoms with Gasteiger partial charge in [-0.3, -0.25) is 14.9 Å². The number of hydrogen-bond acceptors (Lipinski definition) is 5. The molecule has 0 aliphatic rings. The van der Waals surface area contributed by atoms with E-state index in [4.69, 9.17) is 16.0 Å². The normalized spacial score (nSPS) is 11.1. The zero-order valence-electron chi connectivity index (χ0n) is 16.8. The molecule has 31 heavy (non-hydrogen) atoms. The van der Waals surface area contributed by atoms with Gasteiger partial charge in [-0.15, -0.1) is 0 Å². The Bertz CT molecular complexity index is 1300. The number of nitro groups is 1. The van der Waals surface area contributed by atoms with Crippen LogP contribution >= 0.6 is 11.6 Å². The Kier molecular flexibility index (Phi) is 5.44. The van der Waals surface area contributed by atoms with Crippen LogP contribution in [0.15, 0.2) is 65.1 Å². The highest BCUT2D eigenvalue weighted by molar-refractivity contribution is 6.32. The van der Waals surface area contributed by atoms with Gasteiger partial charge in [-0.05, 0) is 53.9 Å². The minimum atomic E-state index is -0.629. The highest BCUT2D eigenvalue weighted by atomic mass is 35.5. The number of oxazole rings is 1. The minimum Gasteiger partial charge on any atom is -0.436 e. The van der Waals surface area contributed by atoms with Crippen LogP contribution in [0.5, 0.6) is 0 Å². The lowest BCUT2D eigenvalue weighted by Gasteiger charge is -2.05. The molecule has 0 aliphatic carbocycles. The number of nitrogens with one attached hydrogen (secondary N) is 1. The van der Waals surface area contributed by atoms with Crippen molar-refractivity contribution in [2.45, 2.75) is 19.8 Å². The summed E-state index contributed by atoms with van der Waals surface area (Å²) < 4.78 is 5.84. The average molecular weight is 436 g/mol. The SMILES string of the molecule is CC(C)c1ccc(-c2nc3cc(NC(=O)c4ccc(Cl)c([N+](=O)[O-])c4)ccc3o2)cc1. The molecular weight excluding hydrogens is 418 g/mol. The number of anilines is 1. The molecule has 1 heterocycles. The Hall–Kier alpha value is -3.71. The second-order valence-corrected chi connectivity index (χ2v) is 7.76. The largest absolute Gasteiger partial charge is 0.436 e. The first-order chi connectivity index (χ1) is 14.8. The quantitative estimate of drug-likeness (QED) is 0.287. The van der Waals surface area contributed by atoms with E-state index in [1.165, 1.54) is 17.7 Å². The van der Waals surface area contributed by atoms with E-state index in [-0.39, 0.29) is 16.3 Å². The van der Waals surface area contributed by atoms with Crippen molar-refractivity contribution in [3.8, 4) is 11.5 Å². The Morgan fingerprint density at radius 2 is 1.84 bits per heavy atom. The van der Waals surface area contributed by atoms with Crippen molar-refractivity contribution >= 4 is 40.0 Å². The summed E-state index contributed by atoms with van der Waals surface area (Å²) in [7, 11) is 0. The van der Waals surface area contributed by atoms with Gasteiger partial charge < -0.3 is 9.73 Å². The van der Waals surface area contributed by atoms with Crippen molar-refractivity contribution in [3.63, 3.8) is 0 Å². The van der Waals surface area contributed by atoms with Gasteiger partial charge in [-0.2, -0.15) is 0 Å². The van der Waals surface area contributed by atoms with E-state index in [1.54, 1.807) is 18.2 Å². The first-order valence-corrected chi connectivity index (χ1v) is 9.96. The van der Waals surface area contributed by atoms with Crippen molar-refractivity contribution in [2.75, 3.05) is 5.32 Å². The third kappa shape index (κ3) is 4.27. The molecule has 0 unspecified atom stereocenters. The second kappa shape index (κ2) is 8.20. The summed E-state index contributed by atoms with van der Waals surface area (Å²) in [5.41, 5.74) is 3.56. The van der Waals surface area contributed by atoms with Gasteiger partial charge in [0.15, 0.2) is 5.58 Å². The summed E-state index contributed by atoms with van der Waals surface area (Å²) in [5, 5.41) is 13.7. The number of hydrogen-bond donors (Lipinski definition) is 1. The number of fused-ring (bicyclic) bond motifs is 1. The molecule has 0 radical (unpaired) electrons. The first-order valence-electron chi connectivity index (χ1n) is 9.58. The maximum atomic E-state index is 12.5. The fourth-order valence-corrected chi connectivity index (χ4v) is 3.32. The Morgan fingerprint density at radius 1 is 1.10 bits per heavy atom. The molecule has 1 amide bonds. The maximum absolute atomic E-state index is 12.5. The summed E-state index contributed by atoms with van der Waals surface area (Å²) in [6.07, 6.45) is 0. The Labute approximate surface area is 182 Å². The van der Waals surface area contributed by atoms with E-state index >= 15 is 0 Å². The van der Waals surface area contributed by atoms with E-state index in [0.29, 0.717) is 28.6 Å². The van der Waals surface area contributed by atoms with Crippen LogP contribution in [0.1, 0.15) is 35.7 Å². The predicted molar refractivity (Wildman–Crippen MR) is 120 cm³/mol. The summed E-state index contributed by atoms with van der Waals surface area (Å²) in [5.74, 6) is 0.431. The second-order valence-electron chi connectivity index (χ2n) is 7.36. The molecule has 0 saturated heterocycles. The lowest BCUT2D eigenvalue weighted by molar-refractivity contribution is -0.384. The fourth-order valence-electron chi connectivity index (χ4n) is 3.14. The van der Waals surface area contributed by atoms with Gasteiger partial charge >= 0.3 is 0 Å². The van der Waals surface area contributed by atoms with E-state index in [9.17, 15) is 14.9 Å². The molecule has 1 N–H and O–H groups in total. The molecule has 0 bridgehead atoms. The molecule has 4 rings (SSSR count). The Morgan fingerprint density at radius 3 is 2.52 bits per heavy atom. The van der Waals surface area contributed by atoms with Crippen LogP contribution in [-0.4, -0.2) is 15.8 Å². The molecule has 0 fully saturated rings. The molecule has 1 aromatic heterocycles. The van der Waals surface area contributed by atoms with Gasteiger partial charge in [-0.1, -0.05) is 37.6 Å². The van der Waals surface area contributed by atoms with Crippen molar-refractivity contribution in [2.24, 2.45) is 0 Å². The van der Waals surface area contributed by atoms with Crippen LogP contribution in [0.25, 0.3) is 22.6 Å². The molecule has 0 spiro atoms. The topological polar surface area (TPSA) is 98.3 Å². The summed E-state index contributed by atoms with van der Waals surface area (Å²) in [6, 6.07) is 17.0. The van der Waals surface area contributed by atoms with Crippen LogP contribution in [0.3, 0.4) is 0 Å². The molecule has 0 saturated carbocycles. The van der Waals surface area contributed by atoms with Crippen molar-refractivity contribution in [1.82, 2.24) is 4.98 Å². The zero-order valence-corrected chi connectivity index (χ0v) is 17.5. The van der Waals surface area contributed by atoms with Crippen LogP contribution < -0.4 is 5.32 Å². The van der Waals surface area contributed by atoms with Crippen LogP contribution in [0, 0.1) is 10.1 Å². The van der Waals surface area contributed by atoms with Crippen LogP contribution in [-0.2, 0) is 0 Å². The standard InChI is InChI=1S/C23H18ClN3O4/c1-13(2)14-3-5-15(6-4-14)23-26-19-12-17(8-10-21(19)31-23)25-22(28)16-7-9-18(24)20(11-16)27(29)30/h3-13H,1-2H3,(H,25,28). The molecule has 156 valence electrons.